The lowest BCUT2D eigenvalue weighted by Gasteiger charge is -2.24. The molecule has 98 valence electrons. The normalized spacial score (nSPS) is 22.8. The van der Waals surface area contributed by atoms with Crippen LogP contribution in [0, 0.1) is 0 Å². The Morgan fingerprint density at radius 2 is 1.89 bits per heavy atom. The highest BCUT2D eigenvalue weighted by Crippen LogP contribution is 2.34. The van der Waals surface area contributed by atoms with E-state index in [1.807, 2.05) is 0 Å². The van der Waals surface area contributed by atoms with Gasteiger partial charge in [-0.3, -0.25) is 0 Å². The maximum Gasteiger partial charge on any atom is 0.0232 e. The minimum absolute atomic E-state index is 0.917. The van der Waals surface area contributed by atoms with Crippen LogP contribution in [0.25, 0.3) is 0 Å². The number of benzene rings is 1. The van der Waals surface area contributed by atoms with Crippen LogP contribution in [0.5, 0.6) is 0 Å². The Kier molecular flexibility index (Phi) is 5.19. The molecule has 1 aromatic carbocycles. The fourth-order valence-electron chi connectivity index (χ4n) is 1.81. The average Bonchev–Trinajstić information content (AvgIpc) is 3.12. The molecule has 2 heterocycles. The minimum Gasteiger partial charge on any atom is -0.160 e. The fraction of sp³-hybridized carbons (Fsp3) is 0.571. The number of hydrogen-bond donors (Lipinski definition) is 0. The summed E-state index contributed by atoms with van der Waals surface area (Å²) in [7, 11) is 0. The molecule has 0 nitrogen and oxygen atoms in total. The summed E-state index contributed by atoms with van der Waals surface area (Å²) in [6.07, 6.45) is 0. The molecule has 0 aromatic heterocycles. The van der Waals surface area contributed by atoms with Crippen molar-refractivity contribution in [2.75, 3.05) is 23.0 Å². The lowest BCUT2D eigenvalue weighted by atomic mass is 10.2. The van der Waals surface area contributed by atoms with Gasteiger partial charge in [0.15, 0.2) is 0 Å². The van der Waals surface area contributed by atoms with Crippen molar-refractivity contribution in [2.24, 2.45) is 0 Å². The second kappa shape index (κ2) is 6.87. The summed E-state index contributed by atoms with van der Waals surface area (Å²) in [4.78, 5) is 0. The van der Waals surface area contributed by atoms with Crippen molar-refractivity contribution in [3.8, 4) is 0 Å². The molecule has 0 spiro atoms. The van der Waals surface area contributed by atoms with Gasteiger partial charge in [-0.05, 0) is 11.1 Å². The van der Waals surface area contributed by atoms with Crippen molar-refractivity contribution < 1.29 is 0 Å². The van der Waals surface area contributed by atoms with Crippen molar-refractivity contribution in [3.05, 3.63) is 35.4 Å². The maximum absolute atomic E-state index is 2.41. The standard InChI is InChI=1S/C14H18S4/c1-2-11(5-15-9-14-10-18-14)4-12(3-1)6-17-13-7-16-8-13/h1-4,13-14H,5-10H2. The van der Waals surface area contributed by atoms with Gasteiger partial charge in [-0.1, -0.05) is 24.3 Å². The molecule has 0 saturated carbocycles. The summed E-state index contributed by atoms with van der Waals surface area (Å²) in [5.74, 6) is 7.83. The number of thioether (sulfide) groups is 4. The van der Waals surface area contributed by atoms with Crippen molar-refractivity contribution in [2.45, 2.75) is 22.0 Å². The van der Waals surface area contributed by atoms with E-state index in [9.17, 15) is 0 Å². The first-order valence-corrected chi connectivity index (χ1v) is 10.8. The van der Waals surface area contributed by atoms with Crippen LogP contribution < -0.4 is 0 Å². The molecule has 2 aliphatic heterocycles. The van der Waals surface area contributed by atoms with E-state index in [2.05, 4.69) is 71.3 Å². The van der Waals surface area contributed by atoms with E-state index >= 15 is 0 Å². The van der Waals surface area contributed by atoms with Gasteiger partial charge in [0.1, 0.15) is 0 Å². The second-order valence-electron chi connectivity index (χ2n) is 4.76. The second-order valence-corrected chi connectivity index (χ2v) is 9.49. The Labute approximate surface area is 127 Å². The van der Waals surface area contributed by atoms with Gasteiger partial charge in [0, 0.05) is 45.0 Å². The van der Waals surface area contributed by atoms with Gasteiger partial charge in [0.2, 0.25) is 0 Å². The molecule has 2 fully saturated rings. The van der Waals surface area contributed by atoms with E-state index < -0.39 is 0 Å². The molecule has 0 bridgehead atoms. The van der Waals surface area contributed by atoms with E-state index in [0.29, 0.717) is 0 Å². The summed E-state index contributed by atoms with van der Waals surface area (Å²) in [5.41, 5.74) is 3.02. The Hall–Kier alpha value is 0.620. The fourth-order valence-corrected chi connectivity index (χ4v) is 6.18. The zero-order valence-electron chi connectivity index (χ0n) is 10.3. The van der Waals surface area contributed by atoms with Crippen LogP contribution in [0.15, 0.2) is 24.3 Å². The van der Waals surface area contributed by atoms with Gasteiger partial charge < -0.3 is 0 Å². The molecule has 4 heteroatoms. The number of rotatable bonds is 7. The first-order chi connectivity index (χ1) is 8.90. The third-order valence-electron chi connectivity index (χ3n) is 3.06. The monoisotopic (exact) mass is 314 g/mol. The highest BCUT2D eigenvalue weighted by molar-refractivity contribution is 8.08. The quantitative estimate of drug-likeness (QED) is 0.684. The zero-order valence-corrected chi connectivity index (χ0v) is 13.6. The number of hydrogen-bond acceptors (Lipinski definition) is 4. The van der Waals surface area contributed by atoms with E-state index in [0.717, 1.165) is 10.5 Å². The summed E-state index contributed by atoms with van der Waals surface area (Å²) >= 11 is 8.41. The SMILES string of the molecule is c1cc(CSCC2CS2)cc(CSC2CSC2)c1. The Morgan fingerprint density at radius 3 is 2.56 bits per heavy atom. The van der Waals surface area contributed by atoms with Crippen LogP contribution in [-0.4, -0.2) is 33.5 Å². The van der Waals surface area contributed by atoms with Gasteiger partial charge in [-0.25, -0.2) is 0 Å². The molecule has 0 amide bonds. The highest BCUT2D eigenvalue weighted by Gasteiger charge is 2.21. The smallest absolute Gasteiger partial charge is 0.0232 e. The van der Waals surface area contributed by atoms with E-state index in [4.69, 9.17) is 0 Å². The molecule has 1 aromatic rings. The molecule has 18 heavy (non-hydrogen) atoms. The van der Waals surface area contributed by atoms with Crippen LogP contribution >= 0.6 is 47.0 Å². The molecule has 0 N–H and O–H groups in total. The lowest BCUT2D eigenvalue weighted by molar-refractivity contribution is 1.08. The van der Waals surface area contributed by atoms with Crippen molar-refractivity contribution in [1.29, 1.82) is 0 Å². The molecular formula is C14H18S4. The Morgan fingerprint density at radius 1 is 1.11 bits per heavy atom. The van der Waals surface area contributed by atoms with E-state index in [1.54, 1.807) is 0 Å². The topological polar surface area (TPSA) is 0 Å². The van der Waals surface area contributed by atoms with Gasteiger partial charge in [0.05, 0.1) is 0 Å². The van der Waals surface area contributed by atoms with Gasteiger partial charge >= 0.3 is 0 Å². The average molecular weight is 315 g/mol. The Bertz CT molecular complexity index is 385. The van der Waals surface area contributed by atoms with Gasteiger partial charge in [-0.2, -0.15) is 47.0 Å². The van der Waals surface area contributed by atoms with Gasteiger partial charge in [-0.15, -0.1) is 0 Å². The molecule has 2 saturated heterocycles. The maximum atomic E-state index is 2.41. The van der Waals surface area contributed by atoms with Crippen LogP contribution in [0.3, 0.4) is 0 Å². The first kappa shape index (κ1) is 13.6. The summed E-state index contributed by atoms with van der Waals surface area (Å²) in [6, 6.07) is 9.20. The predicted molar refractivity (Wildman–Crippen MR) is 91.3 cm³/mol. The Balaban J connectivity index is 1.44. The van der Waals surface area contributed by atoms with E-state index in [-0.39, 0.29) is 0 Å². The highest BCUT2D eigenvalue weighted by atomic mass is 32.2. The van der Waals surface area contributed by atoms with Crippen molar-refractivity contribution >= 4 is 47.0 Å². The summed E-state index contributed by atoms with van der Waals surface area (Å²) in [6.45, 7) is 0. The molecule has 1 atom stereocenters. The molecule has 1 unspecified atom stereocenters. The molecule has 0 aliphatic carbocycles. The van der Waals surface area contributed by atoms with Crippen LogP contribution in [-0.2, 0) is 11.5 Å². The van der Waals surface area contributed by atoms with Crippen LogP contribution in [0.2, 0.25) is 0 Å². The summed E-state index contributed by atoms with van der Waals surface area (Å²) in [5, 5.41) is 1.88. The zero-order chi connectivity index (χ0) is 12.2. The molecule has 2 aliphatic rings. The third-order valence-corrected chi connectivity index (χ3v) is 8.42. The predicted octanol–water partition coefficient (Wildman–Crippen LogP) is 4.38. The summed E-state index contributed by atoms with van der Waals surface area (Å²) < 4.78 is 0. The minimum atomic E-state index is 0.917. The van der Waals surface area contributed by atoms with Crippen molar-refractivity contribution in [3.63, 3.8) is 0 Å². The molecule has 3 rings (SSSR count). The van der Waals surface area contributed by atoms with Gasteiger partial charge in [0.25, 0.3) is 0 Å². The third kappa shape index (κ3) is 4.32. The molecular weight excluding hydrogens is 296 g/mol. The van der Waals surface area contributed by atoms with E-state index in [1.165, 1.54) is 45.6 Å². The first-order valence-electron chi connectivity index (χ1n) is 6.36. The van der Waals surface area contributed by atoms with Crippen molar-refractivity contribution in [1.82, 2.24) is 0 Å². The molecule has 0 radical (unpaired) electrons. The van der Waals surface area contributed by atoms with Crippen LogP contribution in [0.4, 0.5) is 0 Å². The van der Waals surface area contributed by atoms with Crippen LogP contribution in [0.1, 0.15) is 11.1 Å². The largest absolute Gasteiger partial charge is 0.160 e. The lowest BCUT2D eigenvalue weighted by Crippen LogP contribution is -2.20.